The standard InChI is InChI=1S/C19H20F2N2O2S/c20-15-3-6-17(21)18(11-15)26-13-19(24)22-16-4-1-14(2-5-16)12-23-7-9-25-10-8-23/h1-6,11H,7-10,12-13H2,(H,22,24)/p+1. The number of rotatable bonds is 6. The molecule has 138 valence electrons. The fraction of sp³-hybridized carbons (Fsp3) is 0.316. The van der Waals surface area contributed by atoms with Gasteiger partial charge < -0.3 is 15.0 Å². The van der Waals surface area contributed by atoms with Gasteiger partial charge in [-0.25, -0.2) is 8.78 Å². The number of ether oxygens (including phenoxy) is 1. The van der Waals surface area contributed by atoms with Gasteiger partial charge in [0.15, 0.2) is 0 Å². The minimum atomic E-state index is -0.529. The lowest BCUT2D eigenvalue weighted by Crippen LogP contribution is -3.12. The smallest absolute Gasteiger partial charge is 0.234 e. The molecule has 0 saturated carbocycles. The maximum absolute atomic E-state index is 13.6. The Balaban J connectivity index is 1.48. The van der Waals surface area contributed by atoms with E-state index in [9.17, 15) is 13.6 Å². The molecule has 1 aliphatic heterocycles. The van der Waals surface area contributed by atoms with Gasteiger partial charge in [0.1, 0.15) is 31.3 Å². The Hall–Kier alpha value is -1.96. The summed E-state index contributed by atoms with van der Waals surface area (Å²) in [5.74, 6) is -1.29. The first kappa shape index (κ1) is 18.8. The van der Waals surface area contributed by atoms with Gasteiger partial charge in [0.25, 0.3) is 0 Å². The highest BCUT2D eigenvalue weighted by Crippen LogP contribution is 2.22. The summed E-state index contributed by atoms with van der Waals surface area (Å²) in [5.41, 5.74) is 1.90. The number of carbonyl (C=O) groups is 1. The zero-order valence-corrected chi connectivity index (χ0v) is 15.1. The number of morpholine rings is 1. The Labute approximate surface area is 155 Å². The van der Waals surface area contributed by atoms with Crippen LogP contribution in [-0.2, 0) is 16.1 Å². The number of hydrogen-bond acceptors (Lipinski definition) is 3. The normalized spacial score (nSPS) is 15.0. The Morgan fingerprint density at radius 1 is 1.12 bits per heavy atom. The highest BCUT2D eigenvalue weighted by Gasteiger charge is 2.14. The number of halogens is 2. The number of thioether (sulfide) groups is 1. The zero-order chi connectivity index (χ0) is 18.4. The molecule has 1 aliphatic rings. The van der Waals surface area contributed by atoms with Crippen molar-refractivity contribution in [1.82, 2.24) is 0 Å². The molecule has 2 N–H and O–H groups in total. The van der Waals surface area contributed by atoms with Crippen LogP contribution in [0.25, 0.3) is 0 Å². The van der Waals surface area contributed by atoms with Crippen molar-refractivity contribution in [2.75, 3.05) is 37.4 Å². The Morgan fingerprint density at radius 2 is 1.85 bits per heavy atom. The molecule has 0 bridgehead atoms. The van der Waals surface area contributed by atoms with E-state index in [0.29, 0.717) is 5.69 Å². The first-order valence-electron chi connectivity index (χ1n) is 8.48. The largest absolute Gasteiger partial charge is 0.370 e. The summed E-state index contributed by atoms with van der Waals surface area (Å²) in [6.45, 7) is 4.55. The van der Waals surface area contributed by atoms with Crippen molar-refractivity contribution >= 4 is 23.4 Å². The number of carbonyl (C=O) groups excluding carboxylic acids is 1. The lowest BCUT2D eigenvalue weighted by molar-refractivity contribution is -0.921. The predicted octanol–water partition coefficient (Wildman–Crippen LogP) is 2.11. The first-order valence-corrected chi connectivity index (χ1v) is 9.47. The lowest BCUT2D eigenvalue weighted by atomic mass is 10.2. The quantitative estimate of drug-likeness (QED) is 0.756. The van der Waals surface area contributed by atoms with Crippen molar-refractivity contribution in [2.24, 2.45) is 0 Å². The predicted molar refractivity (Wildman–Crippen MR) is 97.4 cm³/mol. The van der Waals surface area contributed by atoms with Crippen LogP contribution in [0.2, 0.25) is 0 Å². The van der Waals surface area contributed by atoms with Crippen LogP contribution in [0.4, 0.5) is 14.5 Å². The van der Waals surface area contributed by atoms with E-state index >= 15 is 0 Å². The Bertz CT molecular complexity index is 750. The van der Waals surface area contributed by atoms with Gasteiger partial charge >= 0.3 is 0 Å². The lowest BCUT2D eigenvalue weighted by Gasteiger charge is -2.23. The van der Waals surface area contributed by atoms with E-state index in [-0.39, 0.29) is 16.6 Å². The van der Waals surface area contributed by atoms with Crippen LogP contribution in [0.5, 0.6) is 0 Å². The van der Waals surface area contributed by atoms with Crippen molar-refractivity contribution in [1.29, 1.82) is 0 Å². The average Bonchev–Trinajstić information content (AvgIpc) is 2.65. The van der Waals surface area contributed by atoms with E-state index in [1.165, 1.54) is 10.5 Å². The van der Waals surface area contributed by atoms with E-state index in [1.807, 2.05) is 24.3 Å². The second-order valence-electron chi connectivity index (χ2n) is 6.15. The molecule has 2 aromatic carbocycles. The van der Waals surface area contributed by atoms with Gasteiger partial charge in [0.2, 0.25) is 5.91 Å². The maximum Gasteiger partial charge on any atom is 0.234 e. The molecule has 0 spiro atoms. The molecule has 1 heterocycles. The number of hydrogen-bond donors (Lipinski definition) is 2. The molecule has 1 amide bonds. The highest BCUT2D eigenvalue weighted by atomic mass is 32.2. The van der Waals surface area contributed by atoms with Crippen LogP contribution < -0.4 is 10.2 Å². The molecule has 4 nitrogen and oxygen atoms in total. The van der Waals surface area contributed by atoms with Gasteiger partial charge in [-0.3, -0.25) is 4.79 Å². The molecule has 0 aliphatic carbocycles. The third kappa shape index (κ3) is 5.52. The summed E-state index contributed by atoms with van der Waals surface area (Å²) in [6, 6.07) is 10.9. The summed E-state index contributed by atoms with van der Waals surface area (Å²) in [7, 11) is 0. The summed E-state index contributed by atoms with van der Waals surface area (Å²) in [4.78, 5) is 13.6. The molecular weight excluding hydrogens is 358 g/mol. The van der Waals surface area contributed by atoms with Crippen LogP contribution in [-0.4, -0.2) is 38.0 Å². The van der Waals surface area contributed by atoms with Gasteiger partial charge in [0, 0.05) is 16.1 Å². The fourth-order valence-corrected chi connectivity index (χ4v) is 3.52. The molecule has 0 aromatic heterocycles. The number of anilines is 1. The molecule has 0 radical (unpaired) electrons. The SMILES string of the molecule is O=C(CSc1cc(F)ccc1F)Nc1ccc(C[NH+]2CCOCC2)cc1. The molecule has 0 atom stereocenters. The second kappa shape index (κ2) is 9.12. The second-order valence-corrected chi connectivity index (χ2v) is 7.16. The summed E-state index contributed by atoms with van der Waals surface area (Å²) >= 11 is 0.973. The van der Waals surface area contributed by atoms with Crippen LogP contribution >= 0.6 is 11.8 Å². The van der Waals surface area contributed by atoms with E-state index in [0.717, 1.165) is 62.8 Å². The summed E-state index contributed by atoms with van der Waals surface area (Å²) < 4.78 is 32.0. The summed E-state index contributed by atoms with van der Waals surface area (Å²) in [6.07, 6.45) is 0. The van der Waals surface area contributed by atoms with Crippen molar-refractivity contribution in [2.45, 2.75) is 11.4 Å². The minimum absolute atomic E-state index is 0.0139. The molecule has 7 heteroatoms. The van der Waals surface area contributed by atoms with Crippen molar-refractivity contribution in [3.05, 3.63) is 59.7 Å². The molecule has 1 fully saturated rings. The van der Waals surface area contributed by atoms with Crippen molar-refractivity contribution < 1.29 is 23.2 Å². The molecular formula is C19H21F2N2O2S+. The van der Waals surface area contributed by atoms with Gasteiger partial charge in [-0.15, -0.1) is 11.8 Å². The van der Waals surface area contributed by atoms with Crippen LogP contribution in [0.1, 0.15) is 5.56 Å². The fourth-order valence-electron chi connectivity index (χ4n) is 2.76. The summed E-state index contributed by atoms with van der Waals surface area (Å²) in [5, 5.41) is 2.77. The molecule has 1 saturated heterocycles. The zero-order valence-electron chi connectivity index (χ0n) is 14.3. The number of benzene rings is 2. The van der Waals surface area contributed by atoms with E-state index in [1.54, 1.807) is 0 Å². The van der Waals surface area contributed by atoms with Crippen LogP contribution in [0, 0.1) is 11.6 Å². The Kier molecular flexibility index (Phi) is 6.60. The molecule has 26 heavy (non-hydrogen) atoms. The topological polar surface area (TPSA) is 42.8 Å². The third-order valence-electron chi connectivity index (χ3n) is 4.14. The van der Waals surface area contributed by atoms with Crippen molar-refractivity contribution in [3.8, 4) is 0 Å². The van der Waals surface area contributed by atoms with E-state index < -0.39 is 11.6 Å². The van der Waals surface area contributed by atoms with E-state index in [4.69, 9.17) is 4.74 Å². The van der Waals surface area contributed by atoms with Gasteiger partial charge in [-0.05, 0) is 30.3 Å². The monoisotopic (exact) mass is 379 g/mol. The van der Waals surface area contributed by atoms with Gasteiger partial charge in [0.05, 0.1) is 19.0 Å². The van der Waals surface area contributed by atoms with E-state index in [2.05, 4.69) is 5.32 Å². The minimum Gasteiger partial charge on any atom is -0.370 e. The van der Waals surface area contributed by atoms with Gasteiger partial charge in [-0.2, -0.15) is 0 Å². The third-order valence-corrected chi connectivity index (χ3v) is 5.17. The molecule has 2 aromatic rings. The van der Waals surface area contributed by atoms with Gasteiger partial charge in [-0.1, -0.05) is 12.1 Å². The van der Waals surface area contributed by atoms with Crippen LogP contribution in [0.15, 0.2) is 47.4 Å². The number of amides is 1. The first-order chi connectivity index (χ1) is 12.6. The number of nitrogens with one attached hydrogen (secondary N) is 2. The Morgan fingerprint density at radius 3 is 2.58 bits per heavy atom. The maximum atomic E-state index is 13.6. The van der Waals surface area contributed by atoms with Crippen LogP contribution in [0.3, 0.4) is 0 Å². The molecule has 0 unspecified atom stereocenters. The number of quaternary nitrogens is 1. The van der Waals surface area contributed by atoms with Crippen molar-refractivity contribution in [3.63, 3.8) is 0 Å². The average molecular weight is 379 g/mol. The highest BCUT2D eigenvalue weighted by molar-refractivity contribution is 8.00. The molecule has 3 rings (SSSR count).